The molecule has 1 aliphatic heterocycles. The fourth-order valence-electron chi connectivity index (χ4n) is 7.09. The van der Waals surface area contributed by atoms with E-state index in [1.807, 2.05) is 0 Å². The number of carbonyl (C=O) groups excluding carboxylic acids is 1. The summed E-state index contributed by atoms with van der Waals surface area (Å²) in [5, 5.41) is 14.9. The van der Waals surface area contributed by atoms with Crippen molar-refractivity contribution in [2.75, 3.05) is 13.1 Å². The van der Waals surface area contributed by atoms with Gasteiger partial charge in [0.15, 0.2) is 0 Å². The van der Waals surface area contributed by atoms with Gasteiger partial charge in [-0.15, -0.1) is 0 Å². The quantitative estimate of drug-likeness (QED) is 0.113. The number of piperidine rings is 1. The zero-order valence-corrected chi connectivity index (χ0v) is 23.2. The maximum Gasteiger partial charge on any atom is 0.416 e. The molecule has 0 aromatic heterocycles. The summed E-state index contributed by atoms with van der Waals surface area (Å²) in [5.74, 6) is -1.08. The second kappa shape index (κ2) is 11.6. The van der Waals surface area contributed by atoms with Gasteiger partial charge in [0.1, 0.15) is 11.7 Å². The number of likely N-dealkylation sites (tertiary alicyclic amines) is 1. The third kappa shape index (κ3) is 6.61. The number of hydrogen-bond donors (Lipinski definition) is 3. The number of rotatable bonds is 7. The summed E-state index contributed by atoms with van der Waals surface area (Å²) in [5.41, 5.74) is 2.76. The Labute approximate surface area is 244 Å². The number of carbonyl (C=O) groups is 1. The number of nitrogens with zero attached hydrogens (tertiary/aromatic N) is 2. The molecule has 6 nitrogen and oxygen atoms in total. The first-order valence-corrected chi connectivity index (χ1v) is 14.2. The Hall–Kier alpha value is -3.35. The van der Waals surface area contributed by atoms with E-state index in [9.17, 15) is 40.7 Å². The van der Waals surface area contributed by atoms with Crippen LogP contribution in [0.15, 0.2) is 47.6 Å². The third-order valence-electron chi connectivity index (χ3n) is 9.46. The van der Waals surface area contributed by atoms with E-state index >= 15 is 0 Å². The zero-order chi connectivity index (χ0) is 31.2. The molecule has 0 bridgehead atoms. The van der Waals surface area contributed by atoms with E-state index in [0.717, 1.165) is 31.5 Å². The number of halogens is 7. The first kappa shape index (κ1) is 31.1. The van der Waals surface area contributed by atoms with E-state index in [-0.39, 0.29) is 47.1 Å². The third-order valence-corrected chi connectivity index (χ3v) is 9.46. The standard InChI is InChI=1S/C30H33F7N4O2/c31-22-3-1-18(2-4-22)19-6-9-41(10-7-19)23-5-8-28(15-23,25-14-24(25)26(38)40-43)27(42)39-16-17-11-20(29(32,33)34)13-21(12-17)30(35,36)37/h1-4,11-13,19,23-25,43H,5-10,14-16H2,(H2,38,40)(H,39,42). The average Bonchev–Trinajstić information content (AvgIpc) is 3.66. The highest BCUT2D eigenvalue weighted by molar-refractivity contribution is 5.89. The molecular weight excluding hydrogens is 581 g/mol. The molecule has 3 aliphatic rings. The molecule has 0 spiro atoms. The van der Waals surface area contributed by atoms with Crippen LogP contribution in [0.4, 0.5) is 30.7 Å². The molecule has 234 valence electrons. The van der Waals surface area contributed by atoms with Crippen molar-refractivity contribution in [3.63, 3.8) is 0 Å². The summed E-state index contributed by atoms with van der Waals surface area (Å²) in [4.78, 5) is 16.1. The number of oxime groups is 1. The van der Waals surface area contributed by atoms with E-state index in [0.29, 0.717) is 37.8 Å². The Balaban J connectivity index is 1.31. The largest absolute Gasteiger partial charge is 0.416 e. The van der Waals surface area contributed by atoms with Gasteiger partial charge in [0.05, 0.1) is 16.5 Å². The number of amides is 1. The van der Waals surface area contributed by atoms with Crippen LogP contribution in [0.25, 0.3) is 0 Å². The molecule has 3 fully saturated rings. The zero-order valence-electron chi connectivity index (χ0n) is 23.2. The van der Waals surface area contributed by atoms with Gasteiger partial charge in [-0.25, -0.2) is 4.39 Å². The lowest BCUT2D eigenvalue weighted by Crippen LogP contribution is -2.45. The minimum Gasteiger partial charge on any atom is -0.409 e. The molecule has 1 saturated heterocycles. The van der Waals surface area contributed by atoms with Gasteiger partial charge >= 0.3 is 12.4 Å². The molecule has 1 heterocycles. The van der Waals surface area contributed by atoms with Gasteiger partial charge in [-0.1, -0.05) is 17.3 Å². The monoisotopic (exact) mass is 614 g/mol. The molecule has 2 saturated carbocycles. The molecular formula is C30H33F7N4O2. The van der Waals surface area contributed by atoms with Crippen molar-refractivity contribution in [3.8, 4) is 0 Å². The molecule has 43 heavy (non-hydrogen) atoms. The van der Waals surface area contributed by atoms with Gasteiger partial charge in [-0.2, -0.15) is 26.3 Å². The molecule has 4 N–H and O–H groups in total. The van der Waals surface area contributed by atoms with E-state index < -0.39 is 41.3 Å². The lowest BCUT2D eigenvalue weighted by atomic mass is 9.78. The lowest BCUT2D eigenvalue weighted by molar-refractivity contribution is -0.143. The van der Waals surface area contributed by atoms with Crippen LogP contribution in [0, 0.1) is 23.1 Å². The SMILES string of the molecule is N/C(=N\O)C1CC1C1(C(=O)NCc2cc(C(F)(F)F)cc(C(F)(F)F)c2)CCC(N2CCC(c3ccc(F)cc3)CC2)C1. The molecule has 4 atom stereocenters. The maximum absolute atomic E-state index is 13.8. The summed E-state index contributed by atoms with van der Waals surface area (Å²) < 4.78 is 93.4. The Morgan fingerprint density at radius 1 is 1.00 bits per heavy atom. The number of alkyl halides is 6. The van der Waals surface area contributed by atoms with Gasteiger partial charge in [-0.3, -0.25) is 4.79 Å². The molecule has 1 amide bonds. The first-order chi connectivity index (χ1) is 20.2. The van der Waals surface area contributed by atoms with Crippen LogP contribution in [0.2, 0.25) is 0 Å². The highest BCUT2D eigenvalue weighted by Crippen LogP contribution is 2.59. The van der Waals surface area contributed by atoms with E-state index in [1.165, 1.54) is 12.1 Å². The molecule has 0 radical (unpaired) electrons. The molecule has 2 aromatic carbocycles. The number of nitrogens with two attached hydrogens (primary N) is 1. The molecule has 2 aromatic rings. The van der Waals surface area contributed by atoms with Crippen molar-refractivity contribution in [2.24, 2.45) is 28.1 Å². The summed E-state index contributed by atoms with van der Waals surface area (Å²) in [6.07, 6.45) is -6.21. The van der Waals surface area contributed by atoms with Gasteiger partial charge < -0.3 is 21.2 Å². The predicted octanol–water partition coefficient (Wildman–Crippen LogP) is 6.28. The summed E-state index contributed by atoms with van der Waals surface area (Å²) in [6, 6.07) is 7.80. The van der Waals surface area contributed by atoms with Crippen molar-refractivity contribution >= 4 is 11.7 Å². The normalized spacial score (nSPS) is 27.3. The van der Waals surface area contributed by atoms with Gasteiger partial charge in [0.25, 0.3) is 0 Å². The van der Waals surface area contributed by atoms with Crippen LogP contribution in [0.5, 0.6) is 0 Å². The first-order valence-electron chi connectivity index (χ1n) is 14.2. The molecule has 13 heteroatoms. The minimum atomic E-state index is -4.99. The smallest absolute Gasteiger partial charge is 0.409 e. The van der Waals surface area contributed by atoms with Crippen LogP contribution >= 0.6 is 0 Å². The van der Waals surface area contributed by atoms with Crippen LogP contribution in [-0.2, 0) is 23.7 Å². The molecule has 5 rings (SSSR count). The summed E-state index contributed by atoms with van der Waals surface area (Å²) >= 11 is 0. The van der Waals surface area contributed by atoms with Gasteiger partial charge in [0.2, 0.25) is 5.91 Å². The van der Waals surface area contributed by atoms with Gasteiger partial charge in [0, 0.05) is 18.5 Å². The lowest BCUT2D eigenvalue weighted by Gasteiger charge is -2.37. The fraction of sp³-hybridized carbons (Fsp3) is 0.533. The van der Waals surface area contributed by atoms with Gasteiger partial charge in [-0.05, 0) is 105 Å². The van der Waals surface area contributed by atoms with Crippen LogP contribution in [0.1, 0.15) is 66.7 Å². The second-order valence-corrected chi connectivity index (χ2v) is 12.0. The Morgan fingerprint density at radius 2 is 1.60 bits per heavy atom. The van der Waals surface area contributed by atoms with Crippen molar-refractivity contribution in [3.05, 3.63) is 70.5 Å². The maximum atomic E-state index is 13.8. The second-order valence-electron chi connectivity index (χ2n) is 12.0. The van der Waals surface area contributed by atoms with E-state index in [4.69, 9.17) is 5.73 Å². The highest BCUT2D eigenvalue weighted by atomic mass is 19.4. The van der Waals surface area contributed by atoms with Crippen molar-refractivity contribution in [1.82, 2.24) is 10.2 Å². The average molecular weight is 615 g/mol. The van der Waals surface area contributed by atoms with Crippen LogP contribution in [-0.4, -0.2) is 41.0 Å². The molecule has 4 unspecified atom stereocenters. The van der Waals surface area contributed by atoms with Crippen LogP contribution < -0.4 is 11.1 Å². The topological polar surface area (TPSA) is 91.0 Å². The highest BCUT2D eigenvalue weighted by Gasteiger charge is 2.61. The number of nitrogens with one attached hydrogen (secondary N) is 1. The number of amidine groups is 1. The van der Waals surface area contributed by atoms with E-state index in [1.54, 1.807) is 12.1 Å². The molecule has 2 aliphatic carbocycles. The predicted molar refractivity (Wildman–Crippen MR) is 143 cm³/mol. The number of benzene rings is 2. The minimum absolute atomic E-state index is 0.00608. The van der Waals surface area contributed by atoms with Crippen LogP contribution in [0.3, 0.4) is 0 Å². The summed E-state index contributed by atoms with van der Waals surface area (Å²) in [6.45, 7) is 1.02. The van der Waals surface area contributed by atoms with Crippen molar-refractivity contribution in [2.45, 2.75) is 69.4 Å². The van der Waals surface area contributed by atoms with Crippen molar-refractivity contribution in [1.29, 1.82) is 0 Å². The Bertz CT molecular complexity index is 1320. The number of hydrogen-bond acceptors (Lipinski definition) is 4. The van der Waals surface area contributed by atoms with E-state index in [2.05, 4.69) is 15.4 Å². The summed E-state index contributed by atoms with van der Waals surface area (Å²) in [7, 11) is 0. The van der Waals surface area contributed by atoms with Crippen molar-refractivity contribution < 1.29 is 40.7 Å². The fourth-order valence-corrected chi connectivity index (χ4v) is 7.09. The Morgan fingerprint density at radius 3 is 2.16 bits per heavy atom. The Kier molecular flexibility index (Phi) is 8.40.